The Morgan fingerprint density at radius 1 is 1.04 bits per heavy atom. The molecule has 2 fully saturated rings. The highest BCUT2D eigenvalue weighted by Crippen LogP contribution is 2.38. The van der Waals surface area contributed by atoms with Crippen molar-refractivity contribution in [3.63, 3.8) is 0 Å². The lowest BCUT2D eigenvalue weighted by molar-refractivity contribution is -0.137. The van der Waals surface area contributed by atoms with Crippen molar-refractivity contribution < 1.29 is 22.8 Å². The van der Waals surface area contributed by atoms with Crippen LogP contribution in [-0.4, -0.2) is 45.0 Å². The van der Waals surface area contributed by atoms with Crippen LogP contribution in [0, 0.1) is 19.7 Å². The number of hydrogen-bond donors (Lipinski definition) is 2. The molecule has 2 aliphatic heterocycles. The van der Waals surface area contributed by atoms with Gasteiger partial charge in [0.25, 0.3) is 6.43 Å². The van der Waals surface area contributed by atoms with Crippen LogP contribution in [0.25, 0.3) is 22.0 Å². The van der Waals surface area contributed by atoms with Gasteiger partial charge in [0.1, 0.15) is 5.82 Å². The highest BCUT2D eigenvalue weighted by atomic mass is 32.1. The van der Waals surface area contributed by atoms with Crippen molar-refractivity contribution in [3.05, 3.63) is 104 Å². The zero-order valence-corrected chi connectivity index (χ0v) is 30.4. The molecule has 0 bridgehead atoms. The molecule has 2 aromatic carbocycles. The number of alkyl halides is 2. The van der Waals surface area contributed by atoms with Gasteiger partial charge in [-0.05, 0) is 94.8 Å². The summed E-state index contributed by atoms with van der Waals surface area (Å²) in [5, 5.41) is 18.0. The summed E-state index contributed by atoms with van der Waals surface area (Å²) in [6.07, 6.45) is 1.82. The van der Waals surface area contributed by atoms with Crippen LogP contribution >= 0.6 is 11.3 Å². The van der Waals surface area contributed by atoms with E-state index < -0.39 is 29.3 Å². The molecule has 2 saturated heterocycles. The van der Waals surface area contributed by atoms with Crippen LogP contribution in [0.2, 0.25) is 0 Å². The first-order chi connectivity index (χ1) is 24.9. The number of amides is 2. The van der Waals surface area contributed by atoms with Crippen molar-refractivity contribution in [2.45, 2.75) is 83.7 Å². The summed E-state index contributed by atoms with van der Waals surface area (Å²) in [5.74, 6) is -0.479. The molecule has 270 valence electrons. The molecule has 3 aromatic heterocycles. The second kappa shape index (κ2) is 14.4. The van der Waals surface area contributed by atoms with Crippen molar-refractivity contribution in [3.8, 4) is 11.3 Å². The van der Waals surface area contributed by atoms with Gasteiger partial charge in [0.05, 0.1) is 28.4 Å². The van der Waals surface area contributed by atoms with E-state index in [-0.39, 0.29) is 17.4 Å². The van der Waals surface area contributed by atoms with Crippen LogP contribution in [-0.2, 0) is 21.5 Å². The van der Waals surface area contributed by atoms with Crippen LogP contribution in [0.1, 0.15) is 96.3 Å². The summed E-state index contributed by atoms with van der Waals surface area (Å²) in [7, 11) is 0. The zero-order valence-electron chi connectivity index (χ0n) is 29.6. The van der Waals surface area contributed by atoms with Gasteiger partial charge in [0.15, 0.2) is 5.82 Å². The van der Waals surface area contributed by atoms with E-state index in [9.17, 15) is 22.8 Å². The molecule has 8 nitrogen and oxygen atoms in total. The standard InChI is InChI=1S/C40H41F3N6O2S/c1-22-16-27(40(4)13-10-35(50)46-39(40)51)8-9-29(22)25-11-14-49(15-12-25)20-28-17-26(21-52-28)34-18-32-33(19-44-34)24(3)47-48-38(32)45-23(2)30-6-5-7-31(36(30)41)37(42)43/h5-9,16-19,21,23,25,37H,10-15,20H2,1-4H3,(H,45,48)(H,46,50,51)/t23-,40-/m1/s1. The highest BCUT2D eigenvalue weighted by Gasteiger charge is 2.40. The Kier molecular flexibility index (Phi) is 9.88. The minimum absolute atomic E-state index is 0.126. The maximum Gasteiger partial charge on any atom is 0.266 e. The third-order valence-electron chi connectivity index (χ3n) is 10.8. The van der Waals surface area contributed by atoms with Crippen LogP contribution in [0.5, 0.6) is 0 Å². The van der Waals surface area contributed by atoms with Gasteiger partial charge in [-0.2, -0.15) is 5.10 Å². The smallest absolute Gasteiger partial charge is 0.266 e. The number of hydrogen-bond acceptors (Lipinski definition) is 8. The second-order valence-electron chi connectivity index (χ2n) is 14.3. The number of nitrogens with zero attached hydrogens (tertiary/aromatic N) is 4. The molecule has 7 rings (SSSR count). The second-order valence-corrected chi connectivity index (χ2v) is 15.3. The molecule has 12 heteroatoms. The number of rotatable bonds is 9. The van der Waals surface area contributed by atoms with Gasteiger partial charge in [-0.15, -0.1) is 16.4 Å². The summed E-state index contributed by atoms with van der Waals surface area (Å²) in [4.78, 5) is 32.9. The van der Waals surface area contributed by atoms with E-state index in [0.717, 1.165) is 66.1 Å². The predicted molar refractivity (Wildman–Crippen MR) is 197 cm³/mol. The largest absolute Gasteiger partial charge is 0.361 e. The van der Waals surface area contributed by atoms with Crippen LogP contribution in [0.15, 0.2) is 60.1 Å². The zero-order chi connectivity index (χ0) is 36.7. The third kappa shape index (κ3) is 6.93. The molecular weight excluding hydrogens is 686 g/mol. The van der Waals surface area contributed by atoms with Gasteiger partial charge < -0.3 is 5.32 Å². The maximum absolute atomic E-state index is 14.9. The number of aromatic nitrogens is 3. The Morgan fingerprint density at radius 3 is 2.54 bits per heavy atom. The van der Waals surface area contributed by atoms with Gasteiger partial charge in [-0.25, -0.2) is 13.2 Å². The Hall–Kier alpha value is -4.68. The summed E-state index contributed by atoms with van der Waals surface area (Å²) >= 11 is 1.70. The lowest BCUT2D eigenvalue weighted by Gasteiger charge is -2.34. The summed E-state index contributed by atoms with van der Waals surface area (Å²) in [6, 6.07) is 13.9. The number of pyridine rings is 1. The van der Waals surface area contributed by atoms with Crippen molar-refractivity contribution in [2.24, 2.45) is 0 Å². The number of nitrogens with one attached hydrogen (secondary N) is 2. The molecule has 0 spiro atoms. The van der Waals surface area contributed by atoms with Gasteiger partial charge in [0, 0.05) is 51.3 Å². The van der Waals surface area contributed by atoms with Crippen LogP contribution in [0.3, 0.4) is 0 Å². The molecule has 2 aliphatic rings. The number of piperidine rings is 2. The number of anilines is 1. The van der Waals surface area contributed by atoms with Crippen LogP contribution in [0.4, 0.5) is 19.0 Å². The van der Waals surface area contributed by atoms with E-state index >= 15 is 0 Å². The monoisotopic (exact) mass is 726 g/mol. The molecule has 5 heterocycles. The fourth-order valence-corrected chi connectivity index (χ4v) is 8.49. The summed E-state index contributed by atoms with van der Waals surface area (Å²) in [5.41, 5.74) is 4.74. The molecule has 0 radical (unpaired) electrons. The van der Waals surface area contributed by atoms with E-state index in [1.165, 1.54) is 28.1 Å². The molecule has 0 unspecified atom stereocenters. The average Bonchev–Trinajstić information content (AvgIpc) is 3.60. The summed E-state index contributed by atoms with van der Waals surface area (Å²) in [6.45, 7) is 10.4. The van der Waals surface area contributed by atoms with Gasteiger partial charge in [-0.3, -0.25) is 24.8 Å². The molecular formula is C40H41F3N6O2S. The fourth-order valence-electron chi connectivity index (χ4n) is 7.57. The number of aryl methyl sites for hydroxylation is 2. The lowest BCUT2D eigenvalue weighted by Crippen LogP contribution is -2.49. The molecule has 0 aliphatic carbocycles. The lowest BCUT2D eigenvalue weighted by atomic mass is 9.74. The van der Waals surface area contributed by atoms with Gasteiger partial charge in [-0.1, -0.05) is 36.4 Å². The number of benzene rings is 2. The fraction of sp³-hybridized carbons (Fsp3) is 0.375. The third-order valence-corrected chi connectivity index (χ3v) is 11.8. The number of carbonyl (C=O) groups is 2. The molecule has 2 N–H and O–H groups in total. The molecule has 2 amide bonds. The SMILES string of the molecule is Cc1cc([C@@]2(C)CCC(=O)NC2=O)ccc1C1CCN(Cc2cc(-c3cc4c(N[C@H](C)c5cccc(C(F)F)c5F)nnc(C)c4cn3)cs2)CC1. The topological polar surface area (TPSA) is 100 Å². The Bertz CT molecular complexity index is 2160. The van der Waals surface area contributed by atoms with E-state index in [1.807, 2.05) is 19.9 Å². The molecule has 0 saturated carbocycles. The van der Waals surface area contributed by atoms with Gasteiger partial charge >= 0.3 is 0 Å². The minimum atomic E-state index is -2.91. The number of halogens is 3. The maximum atomic E-state index is 14.9. The Balaban J connectivity index is 1.02. The quantitative estimate of drug-likeness (QED) is 0.147. The Morgan fingerprint density at radius 2 is 1.81 bits per heavy atom. The average molecular weight is 727 g/mol. The van der Waals surface area contributed by atoms with Crippen molar-refractivity contribution >= 4 is 39.7 Å². The van der Waals surface area contributed by atoms with Crippen molar-refractivity contribution in [1.82, 2.24) is 25.4 Å². The first kappa shape index (κ1) is 35.7. The number of fused-ring (bicyclic) bond motifs is 1. The number of likely N-dealkylation sites (tertiary alicyclic amines) is 1. The van der Waals surface area contributed by atoms with Crippen molar-refractivity contribution in [1.29, 1.82) is 0 Å². The first-order valence-corrected chi connectivity index (χ1v) is 18.5. The minimum Gasteiger partial charge on any atom is -0.361 e. The predicted octanol–water partition coefficient (Wildman–Crippen LogP) is 8.69. The molecule has 2 atom stereocenters. The van der Waals surface area contributed by atoms with E-state index in [2.05, 4.69) is 62.3 Å². The van der Waals surface area contributed by atoms with E-state index in [1.54, 1.807) is 24.5 Å². The van der Waals surface area contributed by atoms with Gasteiger partial charge in [0.2, 0.25) is 11.8 Å². The summed E-state index contributed by atoms with van der Waals surface area (Å²) < 4.78 is 41.7. The van der Waals surface area contributed by atoms with Crippen LogP contribution < -0.4 is 10.6 Å². The van der Waals surface area contributed by atoms with E-state index in [4.69, 9.17) is 4.98 Å². The Labute approximate surface area is 304 Å². The highest BCUT2D eigenvalue weighted by molar-refractivity contribution is 7.10. The normalized spacial score (nSPS) is 19.3. The molecule has 5 aromatic rings. The number of carbonyl (C=O) groups excluding carboxylic acids is 2. The molecule has 52 heavy (non-hydrogen) atoms. The van der Waals surface area contributed by atoms with Crippen molar-refractivity contribution in [2.75, 3.05) is 18.4 Å². The first-order valence-electron chi connectivity index (χ1n) is 17.6. The van der Waals surface area contributed by atoms with E-state index in [0.29, 0.717) is 30.3 Å². The number of imide groups is 1. The number of thiophene rings is 1.